The highest BCUT2D eigenvalue weighted by atomic mass is 32.2. The fraction of sp³-hybridized carbons (Fsp3) is 0.833. The molecule has 2 aliphatic heterocycles. The zero-order valence-electron chi connectivity index (χ0n) is 12.7. The van der Waals surface area contributed by atoms with Crippen molar-refractivity contribution in [3.63, 3.8) is 0 Å². The Morgan fingerprint density at radius 2 is 1.17 bits per heavy atom. The van der Waals surface area contributed by atoms with Crippen LogP contribution in [-0.2, 0) is 47.7 Å². The molecule has 0 saturated carbocycles. The van der Waals surface area contributed by atoms with Crippen molar-refractivity contribution in [3.8, 4) is 0 Å². The molecule has 0 aromatic heterocycles. The third-order valence-electron chi connectivity index (χ3n) is 3.26. The molecule has 2 fully saturated rings. The van der Waals surface area contributed by atoms with Crippen molar-refractivity contribution in [2.45, 2.75) is 37.9 Å². The highest BCUT2D eigenvalue weighted by Gasteiger charge is 2.32. The molecule has 24 heavy (non-hydrogen) atoms. The number of carbonyl (C=O) groups is 2. The number of unbranched alkanes of at least 4 members (excludes halogenated alkanes) is 1. The fourth-order valence-electron chi connectivity index (χ4n) is 2.17. The van der Waals surface area contributed by atoms with E-state index in [2.05, 4.69) is 8.37 Å². The van der Waals surface area contributed by atoms with E-state index >= 15 is 0 Å². The van der Waals surface area contributed by atoms with Crippen LogP contribution in [0.4, 0.5) is 0 Å². The molecular weight excluding hydrogens is 368 g/mol. The largest absolute Gasteiger partial charge is 0.459 e. The van der Waals surface area contributed by atoms with Crippen LogP contribution in [0.3, 0.4) is 0 Å². The first-order chi connectivity index (χ1) is 11.2. The average molecular weight is 386 g/mol. The molecule has 2 aliphatic rings. The Morgan fingerprint density at radius 1 is 0.792 bits per heavy atom. The van der Waals surface area contributed by atoms with Gasteiger partial charge in [-0.2, -0.15) is 16.8 Å². The quantitative estimate of drug-likeness (QED) is 0.307. The molecule has 0 N–H and O–H groups in total. The lowest BCUT2D eigenvalue weighted by molar-refractivity contribution is -0.150. The first-order valence-electron chi connectivity index (χ1n) is 7.28. The molecule has 0 amide bonds. The van der Waals surface area contributed by atoms with Crippen molar-refractivity contribution in [2.75, 3.05) is 24.7 Å². The Kier molecular flexibility index (Phi) is 6.17. The smallest absolute Gasteiger partial charge is 0.306 e. The summed E-state index contributed by atoms with van der Waals surface area (Å²) in [6, 6.07) is 0. The van der Waals surface area contributed by atoms with Crippen LogP contribution in [0.25, 0.3) is 0 Å². The average Bonchev–Trinajstić information content (AvgIpc) is 2.96. The minimum Gasteiger partial charge on any atom is -0.459 e. The zero-order chi connectivity index (χ0) is 17.8. The monoisotopic (exact) mass is 386 g/mol. The van der Waals surface area contributed by atoms with Gasteiger partial charge in [0.05, 0.1) is 0 Å². The van der Waals surface area contributed by atoms with Crippen molar-refractivity contribution in [1.29, 1.82) is 0 Å². The molecular formula is C12H18O10S2. The van der Waals surface area contributed by atoms with E-state index in [1.807, 2.05) is 0 Å². The van der Waals surface area contributed by atoms with E-state index in [9.17, 15) is 26.4 Å². The van der Waals surface area contributed by atoms with Crippen LogP contribution in [0, 0.1) is 0 Å². The predicted octanol–water partition coefficient (Wildman–Crippen LogP) is -0.910. The second kappa shape index (κ2) is 7.76. The van der Waals surface area contributed by atoms with Gasteiger partial charge in [-0.1, -0.05) is 0 Å². The van der Waals surface area contributed by atoms with E-state index in [1.165, 1.54) is 0 Å². The van der Waals surface area contributed by atoms with Crippen LogP contribution in [0.15, 0.2) is 0 Å². The zero-order valence-corrected chi connectivity index (χ0v) is 14.3. The summed E-state index contributed by atoms with van der Waals surface area (Å²) >= 11 is 0. The van der Waals surface area contributed by atoms with Crippen LogP contribution in [-0.4, -0.2) is 65.7 Å². The Balaban J connectivity index is 1.56. The van der Waals surface area contributed by atoms with Gasteiger partial charge in [0, 0.05) is 12.8 Å². The van der Waals surface area contributed by atoms with E-state index in [4.69, 9.17) is 9.47 Å². The van der Waals surface area contributed by atoms with Gasteiger partial charge in [-0.05, 0) is 12.8 Å². The summed E-state index contributed by atoms with van der Waals surface area (Å²) in [5.41, 5.74) is 0. The van der Waals surface area contributed by atoms with E-state index in [1.54, 1.807) is 0 Å². The van der Waals surface area contributed by atoms with Crippen molar-refractivity contribution in [2.24, 2.45) is 0 Å². The standard InChI is InChI=1S/C12H18O10S2/c13-11(21-9-5-19-23(15,16)7-9)3-1-2-4-12(14)22-10-6-20-24(17,18)8-10/h9-10H,1-8H2. The van der Waals surface area contributed by atoms with Crippen LogP contribution in [0.2, 0.25) is 0 Å². The van der Waals surface area contributed by atoms with Crippen LogP contribution in [0.1, 0.15) is 25.7 Å². The maximum absolute atomic E-state index is 11.5. The third kappa shape index (κ3) is 6.34. The Morgan fingerprint density at radius 3 is 1.46 bits per heavy atom. The molecule has 0 aromatic rings. The second-order valence-electron chi connectivity index (χ2n) is 5.45. The predicted molar refractivity (Wildman–Crippen MR) is 77.7 cm³/mol. The highest BCUT2D eigenvalue weighted by molar-refractivity contribution is 7.87. The van der Waals surface area contributed by atoms with Gasteiger partial charge in [0.15, 0.2) is 0 Å². The summed E-state index contributed by atoms with van der Waals surface area (Å²) in [5.74, 6) is -1.83. The van der Waals surface area contributed by atoms with Crippen molar-refractivity contribution < 1.29 is 44.3 Å². The summed E-state index contributed by atoms with van der Waals surface area (Å²) in [7, 11) is -7.18. The summed E-state index contributed by atoms with van der Waals surface area (Å²) in [6.45, 7) is -0.348. The fourth-order valence-corrected chi connectivity index (χ4v) is 4.32. The molecule has 12 heteroatoms. The van der Waals surface area contributed by atoms with Gasteiger partial charge >= 0.3 is 11.9 Å². The molecule has 2 rings (SSSR count). The minimum atomic E-state index is -3.59. The lowest BCUT2D eigenvalue weighted by Gasteiger charge is -2.09. The summed E-state index contributed by atoms with van der Waals surface area (Å²) in [6.07, 6.45) is -0.815. The molecule has 2 heterocycles. The molecule has 0 aliphatic carbocycles. The van der Waals surface area contributed by atoms with Gasteiger partial charge < -0.3 is 9.47 Å². The number of carbonyl (C=O) groups excluding carboxylic acids is 2. The first kappa shape index (κ1) is 19.1. The SMILES string of the molecule is O=C(CCCCC(=O)OC1COS(=O)(=O)C1)OC1COS(=O)(=O)C1. The van der Waals surface area contributed by atoms with Crippen LogP contribution >= 0.6 is 0 Å². The normalized spacial score (nSPS) is 27.7. The molecule has 2 atom stereocenters. The number of esters is 2. The van der Waals surface area contributed by atoms with E-state index in [0.717, 1.165) is 0 Å². The Labute approximate surface area is 139 Å². The summed E-state index contributed by atoms with van der Waals surface area (Å²) in [5, 5.41) is 0. The molecule has 2 saturated heterocycles. The van der Waals surface area contributed by atoms with Gasteiger partial charge in [0.2, 0.25) is 0 Å². The molecule has 138 valence electrons. The van der Waals surface area contributed by atoms with E-state index < -0.39 is 44.4 Å². The van der Waals surface area contributed by atoms with Gasteiger partial charge in [-0.25, -0.2) is 0 Å². The molecule has 0 aromatic carbocycles. The number of ether oxygens (including phenoxy) is 2. The van der Waals surface area contributed by atoms with Gasteiger partial charge in [-0.3, -0.25) is 18.0 Å². The van der Waals surface area contributed by atoms with E-state index in [-0.39, 0.29) is 37.6 Å². The van der Waals surface area contributed by atoms with Crippen molar-refractivity contribution >= 4 is 32.2 Å². The summed E-state index contributed by atoms with van der Waals surface area (Å²) < 4.78 is 62.9. The second-order valence-corrected chi connectivity index (χ2v) is 8.82. The molecule has 10 nitrogen and oxygen atoms in total. The van der Waals surface area contributed by atoms with Crippen molar-refractivity contribution in [3.05, 3.63) is 0 Å². The molecule has 0 spiro atoms. The van der Waals surface area contributed by atoms with Crippen molar-refractivity contribution in [1.82, 2.24) is 0 Å². The lowest BCUT2D eigenvalue weighted by atomic mass is 10.2. The first-order valence-corrected chi connectivity index (χ1v) is 10.4. The Hall–Kier alpha value is -1.24. The number of hydrogen-bond acceptors (Lipinski definition) is 10. The van der Waals surface area contributed by atoms with E-state index in [0.29, 0.717) is 12.8 Å². The third-order valence-corrected chi connectivity index (χ3v) is 5.81. The minimum absolute atomic E-state index is 0.0325. The van der Waals surface area contributed by atoms with Gasteiger partial charge in [0.1, 0.15) is 36.9 Å². The lowest BCUT2D eigenvalue weighted by Crippen LogP contribution is -2.22. The van der Waals surface area contributed by atoms with Crippen LogP contribution in [0.5, 0.6) is 0 Å². The van der Waals surface area contributed by atoms with Gasteiger partial charge in [0.25, 0.3) is 20.2 Å². The molecule has 0 bridgehead atoms. The molecule has 2 unspecified atom stereocenters. The summed E-state index contributed by atoms with van der Waals surface area (Å²) in [4.78, 5) is 23.1. The maximum atomic E-state index is 11.5. The highest BCUT2D eigenvalue weighted by Crippen LogP contribution is 2.15. The number of rotatable bonds is 7. The topological polar surface area (TPSA) is 139 Å². The van der Waals surface area contributed by atoms with Crippen LogP contribution < -0.4 is 0 Å². The Bertz CT molecular complexity index is 621. The molecule has 0 radical (unpaired) electrons. The number of hydrogen-bond donors (Lipinski definition) is 0. The van der Waals surface area contributed by atoms with Gasteiger partial charge in [-0.15, -0.1) is 0 Å². The maximum Gasteiger partial charge on any atom is 0.306 e.